The minimum Gasteiger partial charge on any atom is -0.466 e. The Hall–Kier alpha value is -1.86. The zero-order valence-corrected chi connectivity index (χ0v) is 8.25. The van der Waals surface area contributed by atoms with Crippen LogP contribution in [0.25, 0.3) is 0 Å². The number of ether oxygens (including phenoxy) is 1. The van der Waals surface area contributed by atoms with Crippen LogP contribution in [0.15, 0.2) is 36.5 Å². The van der Waals surface area contributed by atoms with Crippen LogP contribution in [0, 0.1) is 17.2 Å². The lowest BCUT2D eigenvalue weighted by Gasteiger charge is -2.16. The smallest absolute Gasteiger partial charge is 0.330 e. The number of hydrogen-bond acceptors (Lipinski definition) is 4. The Morgan fingerprint density at radius 1 is 1.60 bits per heavy atom. The van der Waals surface area contributed by atoms with Crippen LogP contribution in [0.4, 0.5) is 0 Å². The van der Waals surface area contributed by atoms with E-state index in [-0.39, 0.29) is 5.92 Å². The first-order valence-corrected chi connectivity index (χ1v) is 4.38. The number of rotatable bonds is 2. The predicted molar refractivity (Wildman–Crippen MR) is 53.5 cm³/mol. The van der Waals surface area contributed by atoms with Crippen molar-refractivity contribution in [2.45, 2.75) is 5.60 Å². The van der Waals surface area contributed by atoms with E-state index in [0.717, 1.165) is 0 Å². The maximum absolute atomic E-state index is 10.8. The van der Waals surface area contributed by atoms with Gasteiger partial charge in [0.05, 0.1) is 7.11 Å². The first kappa shape index (κ1) is 11.2. The molecule has 0 aliphatic heterocycles. The van der Waals surface area contributed by atoms with Crippen LogP contribution in [0.3, 0.4) is 0 Å². The second-order valence-corrected chi connectivity index (χ2v) is 3.12. The van der Waals surface area contributed by atoms with E-state index in [0.29, 0.717) is 0 Å². The summed E-state index contributed by atoms with van der Waals surface area (Å²) in [4.78, 5) is 10.8. The highest BCUT2D eigenvalue weighted by atomic mass is 16.5. The summed E-state index contributed by atoms with van der Waals surface area (Å²) < 4.78 is 4.43. The van der Waals surface area contributed by atoms with Gasteiger partial charge in [0.2, 0.25) is 0 Å². The predicted octanol–water partition coefficient (Wildman–Crippen LogP) is 0.712. The number of carbonyl (C=O) groups is 1. The third kappa shape index (κ3) is 3.08. The fraction of sp³-hybridized carbons (Fsp3) is 0.273. The summed E-state index contributed by atoms with van der Waals surface area (Å²) >= 11 is 0. The highest BCUT2D eigenvalue weighted by Gasteiger charge is 2.21. The molecule has 1 N–H and O–H groups in total. The van der Waals surface area contributed by atoms with Crippen LogP contribution in [0.1, 0.15) is 0 Å². The summed E-state index contributed by atoms with van der Waals surface area (Å²) in [6.07, 6.45) is 8.98. The molecule has 15 heavy (non-hydrogen) atoms. The molecule has 0 spiro atoms. The molecule has 0 bridgehead atoms. The highest BCUT2D eigenvalue weighted by molar-refractivity contribution is 5.81. The average Bonchev–Trinajstić information content (AvgIpc) is 2.28. The van der Waals surface area contributed by atoms with Gasteiger partial charge in [-0.25, -0.2) is 4.79 Å². The Morgan fingerprint density at radius 2 is 2.20 bits per heavy atom. The number of methoxy groups -OCH3 is 1. The molecule has 1 aliphatic carbocycles. The van der Waals surface area contributed by atoms with Crippen molar-refractivity contribution in [3.05, 3.63) is 36.5 Å². The van der Waals surface area contributed by atoms with E-state index in [9.17, 15) is 9.90 Å². The van der Waals surface area contributed by atoms with E-state index in [1.807, 2.05) is 0 Å². The third-order valence-corrected chi connectivity index (χ3v) is 1.98. The third-order valence-electron chi connectivity index (χ3n) is 1.98. The quantitative estimate of drug-likeness (QED) is 0.312. The number of allylic oxidation sites excluding steroid dienone is 3. The average molecular weight is 205 g/mol. The number of nitrogens with zero attached hydrogens (tertiary/aromatic N) is 1. The first-order chi connectivity index (χ1) is 7.09. The SMILES string of the molecule is COC(=O)/C=C/C1C=CC(O)(C#N)C=C1. The summed E-state index contributed by atoms with van der Waals surface area (Å²) in [5, 5.41) is 18.1. The summed E-state index contributed by atoms with van der Waals surface area (Å²) in [6, 6.07) is 1.74. The second kappa shape index (κ2) is 4.58. The van der Waals surface area contributed by atoms with Gasteiger partial charge in [-0.3, -0.25) is 0 Å². The number of aliphatic hydroxyl groups is 1. The molecule has 0 unspecified atom stereocenters. The van der Waals surface area contributed by atoms with Gasteiger partial charge < -0.3 is 9.84 Å². The molecule has 4 nitrogen and oxygen atoms in total. The molecule has 0 aromatic carbocycles. The van der Waals surface area contributed by atoms with E-state index >= 15 is 0 Å². The Labute approximate surface area is 87.8 Å². The molecule has 0 radical (unpaired) electrons. The van der Waals surface area contributed by atoms with E-state index in [2.05, 4.69) is 4.74 Å². The van der Waals surface area contributed by atoms with E-state index in [1.54, 1.807) is 24.3 Å². The first-order valence-electron chi connectivity index (χ1n) is 4.38. The van der Waals surface area contributed by atoms with E-state index in [1.165, 1.54) is 25.3 Å². The van der Waals surface area contributed by atoms with Gasteiger partial charge in [0, 0.05) is 12.0 Å². The molecule has 0 fully saturated rings. The van der Waals surface area contributed by atoms with Crippen molar-refractivity contribution in [1.82, 2.24) is 0 Å². The zero-order chi connectivity index (χ0) is 11.3. The van der Waals surface area contributed by atoms with Gasteiger partial charge in [-0.15, -0.1) is 0 Å². The Kier molecular flexibility index (Phi) is 3.42. The zero-order valence-electron chi connectivity index (χ0n) is 8.25. The molecule has 78 valence electrons. The summed E-state index contributed by atoms with van der Waals surface area (Å²) in [7, 11) is 1.30. The van der Waals surface area contributed by atoms with Gasteiger partial charge in [0.15, 0.2) is 5.60 Å². The van der Waals surface area contributed by atoms with Crippen molar-refractivity contribution in [1.29, 1.82) is 5.26 Å². The molecule has 1 aliphatic rings. The number of carbonyl (C=O) groups excluding carboxylic acids is 1. The normalized spacial score (nSPS) is 29.0. The minimum absolute atomic E-state index is 0.0993. The van der Waals surface area contributed by atoms with Crippen LogP contribution in [0.2, 0.25) is 0 Å². The molecule has 0 aromatic rings. The maximum atomic E-state index is 10.8. The minimum atomic E-state index is -1.52. The molecule has 0 heterocycles. The van der Waals surface area contributed by atoms with Gasteiger partial charge in [0.1, 0.15) is 6.07 Å². The van der Waals surface area contributed by atoms with Crippen LogP contribution in [0.5, 0.6) is 0 Å². The van der Waals surface area contributed by atoms with Gasteiger partial charge >= 0.3 is 5.97 Å². The topological polar surface area (TPSA) is 70.3 Å². The van der Waals surface area contributed by atoms with Crippen LogP contribution in [-0.4, -0.2) is 23.8 Å². The number of esters is 1. The van der Waals surface area contributed by atoms with Gasteiger partial charge in [-0.05, 0) is 12.2 Å². The lowest BCUT2D eigenvalue weighted by molar-refractivity contribution is -0.134. The highest BCUT2D eigenvalue weighted by Crippen LogP contribution is 2.18. The maximum Gasteiger partial charge on any atom is 0.330 e. The van der Waals surface area contributed by atoms with Gasteiger partial charge in [0.25, 0.3) is 0 Å². The van der Waals surface area contributed by atoms with Gasteiger partial charge in [-0.2, -0.15) is 5.26 Å². The Bertz CT molecular complexity index is 360. The molecule has 0 saturated carbocycles. The van der Waals surface area contributed by atoms with Crippen LogP contribution < -0.4 is 0 Å². The molecular weight excluding hydrogens is 194 g/mol. The molecule has 0 aromatic heterocycles. The second-order valence-electron chi connectivity index (χ2n) is 3.12. The molecule has 0 saturated heterocycles. The largest absolute Gasteiger partial charge is 0.466 e. The lowest BCUT2D eigenvalue weighted by Crippen LogP contribution is -2.22. The van der Waals surface area contributed by atoms with Crippen molar-refractivity contribution in [2.24, 2.45) is 5.92 Å². The fourth-order valence-corrected chi connectivity index (χ4v) is 1.10. The van der Waals surface area contributed by atoms with Crippen molar-refractivity contribution in [3.63, 3.8) is 0 Å². The van der Waals surface area contributed by atoms with E-state index < -0.39 is 11.6 Å². The van der Waals surface area contributed by atoms with Crippen molar-refractivity contribution in [3.8, 4) is 6.07 Å². The molecule has 0 amide bonds. The van der Waals surface area contributed by atoms with Gasteiger partial charge in [-0.1, -0.05) is 18.2 Å². The lowest BCUT2D eigenvalue weighted by atomic mass is 9.93. The molecule has 0 atom stereocenters. The van der Waals surface area contributed by atoms with E-state index in [4.69, 9.17) is 5.26 Å². The van der Waals surface area contributed by atoms with Crippen molar-refractivity contribution >= 4 is 5.97 Å². The monoisotopic (exact) mass is 205 g/mol. The summed E-state index contributed by atoms with van der Waals surface area (Å²) in [5.41, 5.74) is -1.52. The Balaban J connectivity index is 2.63. The van der Waals surface area contributed by atoms with Crippen molar-refractivity contribution in [2.75, 3.05) is 7.11 Å². The molecular formula is C11H11NO3. The molecule has 1 rings (SSSR count). The van der Waals surface area contributed by atoms with Crippen LogP contribution in [-0.2, 0) is 9.53 Å². The standard InChI is InChI=1S/C11H11NO3/c1-15-10(13)3-2-9-4-6-11(14,8-12)7-5-9/h2-7,9,14H,1H3/b3-2+. The van der Waals surface area contributed by atoms with Crippen LogP contribution >= 0.6 is 0 Å². The Morgan fingerprint density at radius 3 is 2.67 bits per heavy atom. The fourth-order valence-electron chi connectivity index (χ4n) is 1.10. The number of hydrogen-bond donors (Lipinski definition) is 1. The number of nitriles is 1. The molecule has 4 heteroatoms. The summed E-state index contributed by atoms with van der Waals surface area (Å²) in [5.74, 6) is -0.532. The summed E-state index contributed by atoms with van der Waals surface area (Å²) in [6.45, 7) is 0. The van der Waals surface area contributed by atoms with Crippen molar-refractivity contribution < 1.29 is 14.6 Å².